The molecule has 0 aliphatic carbocycles. The van der Waals surface area contributed by atoms with Crippen molar-refractivity contribution in [2.24, 2.45) is 0 Å². The molecule has 6 nitrogen and oxygen atoms in total. The number of nitrogens with zero attached hydrogens (tertiary/aromatic N) is 4. The maximum atomic E-state index is 6.05. The molecule has 0 radical (unpaired) electrons. The molecular formula is C19H14Cl2N6. The van der Waals surface area contributed by atoms with Crippen molar-refractivity contribution in [3.05, 3.63) is 70.5 Å². The van der Waals surface area contributed by atoms with Crippen LogP contribution in [0.2, 0.25) is 10.0 Å². The monoisotopic (exact) mass is 396 g/mol. The van der Waals surface area contributed by atoms with Crippen molar-refractivity contribution in [3.63, 3.8) is 0 Å². The van der Waals surface area contributed by atoms with Crippen molar-refractivity contribution in [2.75, 3.05) is 10.6 Å². The Morgan fingerprint density at radius 1 is 0.852 bits per heavy atom. The van der Waals surface area contributed by atoms with Gasteiger partial charge in [0.2, 0.25) is 5.95 Å². The Labute approximate surface area is 165 Å². The quantitative estimate of drug-likeness (QED) is 0.472. The summed E-state index contributed by atoms with van der Waals surface area (Å²) in [5.74, 6) is 0.933. The molecule has 4 rings (SSSR count). The summed E-state index contributed by atoms with van der Waals surface area (Å²) in [7, 11) is 0. The largest absolute Gasteiger partial charge is 0.338 e. The molecule has 2 aromatic carbocycles. The Morgan fingerprint density at radius 3 is 2.48 bits per heavy atom. The fourth-order valence-corrected chi connectivity index (χ4v) is 3.01. The van der Waals surface area contributed by atoms with Gasteiger partial charge in [0.1, 0.15) is 0 Å². The average molecular weight is 397 g/mol. The lowest BCUT2D eigenvalue weighted by molar-refractivity contribution is 1.15. The highest BCUT2D eigenvalue weighted by molar-refractivity contribution is 6.31. The van der Waals surface area contributed by atoms with Crippen LogP contribution in [0.1, 0.15) is 5.56 Å². The van der Waals surface area contributed by atoms with E-state index in [0.717, 1.165) is 16.9 Å². The molecule has 27 heavy (non-hydrogen) atoms. The van der Waals surface area contributed by atoms with E-state index in [-0.39, 0.29) is 0 Å². The van der Waals surface area contributed by atoms with Gasteiger partial charge in [-0.3, -0.25) is 0 Å². The van der Waals surface area contributed by atoms with E-state index in [1.165, 1.54) is 0 Å². The van der Waals surface area contributed by atoms with E-state index in [1.54, 1.807) is 24.5 Å². The summed E-state index contributed by atoms with van der Waals surface area (Å²) in [5, 5.41) is 7.75. The van der Waals surface area contributed by atoms with Crippen molar-refractivity contribution in [1.29, 1.82) is 0 Å². The molecule has 0 unspecified atom stereocenters. The van der Waals surface area contributed by atoms with Gasteiger partial charge in [0.15, 0.2) is 17.0 Å². The first kappa shape index (κ1) is 17.5. The molecule has 8 heteroatoms. The van der Waals surface area contributed by atoms with Gasteiger partial charge in [0, 0.05) is 33.8 Å². The van der Waals surface area contributed by atoms with Crippen LogP contribution >= 0.6 is 23.2 Å². The van der Waals surface area contributed by atoms with E-state index in [0.29, 0.717) is 33.0 Å². The molecule has 0 aliphatic rings. The minimum atomic E-state index is 0.388. The van der Waals surface area contributed by atoms with Gasteiger partial charge in [-0.05, 0) is 48.9 Å². The minimum absolute atomic E-state index is 0.388. The van der Waals surface area contributed by atoms with E-state index in [1.807, 2.05) is 37.3 Å². The van der Waals surface area contributed by atoms with Gasteiger partial charge in [-0.25, -0.2) is 9.97 Å². The van der Waals surface area contributed by atoms with Crippen LogP contribution in [0.15, 0.2) is 54.9 Å². The number of halogens is 2. The summed E-state index contributed by atoms with van der Waals surface area (Å²) in [6, 6.07) is 12.9. The topological polar surface area (TPSA) is 75.6 Å². The van der Waals surface area contributed by atoms with Crippen LogP contribution in [0.3, 0.4) is 0 Å². The second kappa shape index (κ2) is 7.34. The highest BCUT2D eigenvalue weighted by Crippen LogP contribution is 2.27. The van der Waals surface area contributed by atoms with Crippen LogP contribution in [0.5, 0.6) is 0 Å². The van der Waals surface area contributed by atoms with Gasteiger partial charge >= 0.3 is 0 Å². The third-order valence-corrected chi connectivity index (χ3v) is 4.33. The number of benzene rings is 2. The molecule has 2 heterocycles. The van der Waals surface area contributed by atoms with Crippen LogP contribution in [0.4, 0.5) is 23.1 Å². The number of aromatic nitrogens is 4. The highest BCUT2D eigenvalue weighted by Gasteiger charge is 2.12. The summed E-state index contributed by atoms with van der Waals surface area (Å²) < 4.78 is 0. The van der Waals surface area contributed by atoms with E-state index in [9.17, 15) is 0 Å². The van der Waals surface area contributed by atoms with Gasteiger partial charge in [0.05, 0.1) is 0 Å². The Bertz CT molecular complexity index is 1130. The summed E-state index contributed by atoms with van der Waals surface area (Å²) in [5.41, 5.74) is 3.69. The smallest absolute Gasteiger partial charge is 0.231 e. The molecule has 0 spiro atoms. The molecular weight excluding hydrogens is 383 g/mol. The van der Waals surface area contributed by atoms with Gasteiger partial charge < -0.3 is 10.6 Å². The maximum Gasteiger partial charge on any atom is 0.231 e. The van der Waals surface area contributed by atoms with E-state index >= 15 is 0 Å². The minimum Gasteiger partial charge on any atom is -0.338 e. The first-order chi connectivity index (χ1) is 13.1. The Kier molecular flexibility index (Phi) is 4.75. The van der Waals surface area contributed by atoms with Gasteiger partial charge in [-0.2, -0.15) is 9.97 Å². The van der Waals surface area contributed by atoms with Crippen molar-refractivity contribution in [3.8, 4) is 0 Å². The zero-order valence-corrected chi connectivity index (χ0v) is 15.8. The van der Waals surface area contributed by atoms with Crippen molar-refractivity contribution < 1.29 is 0 Å². The van der Waals surface area contributed by atoms with Crippen LogP contribution < -0.4 is 10.6 Å². The average Bonchev–Trinajstić information content (AvgIpc) is 2.64. The molecule has 134 valence electrons. The predicted molar refractivity (Wildman–Crippen MR) is 109 cm³/mol. The van der Waals surface area contributed by atoms with Crippen LogP contribution in [-0.4, -0.2) is 19.9 Å². The number of anilines is 4. The lowest BCUT2D eigenvalue weighted by Gasteiger charge is -2.12. The second-order valence-electron chi connectivity index (χ2n) is 5.84. The SMILES string of the molecule is Cc1cc(Cl)ccc1Nc1nc(Nc2cccc(Cl)c2)nc2nccnc12. The molecule has 0 saturated heterocycles. The third kappa shape index (κ3) is 3.92. The van der Waals surface area contributed by atoms with Crippen molar-refractivity contribution in [1.82, 2.24) is 19.9 Å². The molecule has 0 aliphatic heterocycles. The molecule has 2 N–H and O–H groups in total. The Hall–Kier alpha value is -2.96. The second-order valence-corrected chi connectivity index (χ2v) is 6.72. The van der Waals surface area contributed by atoms with Gasteiger partial charge in [0.25, 0.3) is 0 Å². The van der Waals surface area contributed by atoms with Crippen LogP contribution in [0.25, 0.3) is 11.2 Å². The molecule has 0 fully saturated rings. The Balaban J connectivity index is 1.76. The van der Waals surface area contributed by atoms with Gasteiger partial charge in [-0.15, -0.1) is 0 Å². The lowest BCUT2D eigenvalue weighted by Crippen LogP contribution is -2.04. The van der Waals surface area contributed by atoms with Gasteiger partial charge in [-0.1, -0.05) is 29.3 Å². The van der Waals surface area contributed by atoms with E-state index in [2.05, 4.69) is 30.6 Å². The zero-order chi connectivity index (χ0) is 18.8. The number of fused-ring (bicyclic) bond motifs is 1. The number of hydrogen-bond donors (Lipinski definition) is 2. The normalized spacial score (nSPS) is 10.8. The van der Waals surface area contributed by atoms with E-state index < -0.39 is 0 Å². The predicted octanol–water partition coefficient (Wildman–Crippen LogP) is 5.52. The molecule has 0 amide bonds. The first-order valence-electron chi connectivity index (χ1n) is 8.13. The molecule has 0 saturated carbocycles. The fourth-order valence-electron chi connectivity index (χ4n) is 2.60. The summed E-state index contributed by atoms with van der Waals surface area (Å²) in [4.78, 5) is 17.7. The Morgan fingerprint density at radius 2 is 1.67 bits per heavy atom. The van der Waals surface area contributed by atoms with Crippen LogP contribution in [-0.2, 0) is 0 Å². The number of hydrogen-bond acceptors (Lipinski definition) is 6. The molecule has 0 bridgehead atoms. The van der Waals surface area contributed by atoms with Crippen molar-refractivity contribution >= 4 is 57.5 Å². The number of aryl methyl sites for hydroxylation is 1. The number of nitrogens with one attached hydrogen (secondary N) is 2. The summed E-state index contributed by atoms with van der Waals surface area (Å²) >= 11 is 12.1. The van der Waals surface area contributed by atoms with E-state index in [4.69, 9.17) is 23.2 Å². The van der Waals surface area contributed by atoms with Crippen molar-refractivity contribution in [2.45, 2.75) is 6.92 Å². The fraction of sp³-hybridized carbons (Fsp3) is 0.0526. The maximum absolute atomic E-state index is 6.05. The molecule has 2 aromatic heterocycles. The zero-order valence-electron chi connectivity index (χ0n) is 14.2. The number of rotatable bonds is 4. The molecule has 0 atom stereocenters. The summed E-state index contributed by atoms with van der Waals surface area (Å²) in [6.45, 7) is 1.97. The first-order valence-corrected chi connectivity index (χ1v) is 8.88. The third-order valence-electron chi connectivity index (χ3n) is 3.86. The highest BCUT2D eigenvalue weighted by atomic mass is 35.5. The lowest BCUT2D eigenvalue weighted by atomic mass is 10.2. The summed E-state index contributed by atoms with van der Waals surface area (Å²) in [6.07, 6.45) is 3.20. The standard InChI is InChI=1S/C19H14Cl2N6/c1-11-9-13(21)5-6-15(11)25-18-16-17(23-8-7-22-16)26-19(27-18)24-14-4-2-3-12(20)10-14/h2-10H,1H3,(H2,23,24,25,26,27). The molecule has 4 aromatic rings. The van der Waals surface area contributed by atoms with Crippen LogP contribution in [0, 0.1) is 6.92 Å².